The van der Waals surface area contributed by atoms with Crippen molar-refractivity contribution in [2.24, 2.45) is 5.92 Å². The molecule has 2 rings (SSSR count). The molecule has 1 aliphatic heterocycles. The maximum atomic E-state index is 12.2. The summed E-state index contributed by atoms with van der Waals surface area (Å²) in [6.07, 6.45) is 2.05. The van der Waals surface area contributed by atoms with E-state index in [9.17, 15) is 9.59 Å². The number of nitrogens with zero attached hydrogens (tertiary/aromatic N) is 1. The fraction of sp³-hybridized carbons (Fsp3) is 0.556. The zero-order valence-corrected chi connectivity index (χ0v) is 14.0. The topological polar surface area (TPSA) is 58.6 Å². The summed E-state index contributed by atoms with van der Waals surface area (Å²) in [5.74, 6) is -0.285. The van der Waals surface area contributed by atoms with Crippen LogP contribution in [-0.2, 0) is 20.7 Å². The highest BCUT2D eigenvalue weighted by atomic mass is 16.5. The van der Waals surface area contributed by atoms with Crippen LogP contribution in [0.3, 0.4) is 0 Å². The third kappa shape index (κ3) is 4.79. The minimum Gasteiger partial charge on any atom is -0.382 e. The average molecular weight is 318 g/mol. The van der Waals surface area contributed by atoms with Crippen LogP contribution in [0.1, 0.15) is 32.3 Å². The molecule has 0 radical (unpaired) electrons. The molecule has 23 heavy (non-hydrogen) atoms. The summed E-state index contributed by atoms with van der Waals surface area (Å²) in [4.78, 5) is 26.1. The van der Waals surface area contributed by atoms with E-state index in [0.29, 0.717) is 26.3 Å². The Labute approximate surface area is 138 Å². The van der Waals surface area contributed by atoms with Gasteiger partial charge in [-0.1, -0.05) is 19.1 Å². The van der Waals surface area contributed by atoms with Crippen LogP contribution in [0.25, 0.3) is 0 Å². The molecule has 0 unspecified atom stereocenters. The quantitative estimate of drug-likeness (QED) is 0.747. The smallest absolute Gasteiger partial charge is 0.227 e. The van der Waals surface area contributed by atoms with E-state index in [-0.39, 0.29) is 24.2 Å². The van der Waals surface area contributed by atoms with Crippen molar-refractivity contribution in [2.75, 3.05) is 31.2 Å². The van der Waals surface area contributed by atoms with E-state index in [0.717, 1.165) is 18.5 Å². The number of rotatable bonds is 8. The maximum absolute atomic E-state index is 12.2. The number of hydrogen-bond acceptors (Lipinski definition) is 3. The van der Waals surface area contributed by atoms with Crippen molar-refractivity contribution in [1.29, 1.82) is 0 Å². The van der Waals surface area contributed by atoms with E-state index in [1.165, 1.54) is 5.56 Å². The van der Waals surface area contributed by atoms with Crippen molar-refractivity contribution in [1.82, 2.24) is 5.32 Å². The molecule has 2 amide bonds. The predicted octanol–water partition coefficient (Wildman–Crippen LogP) is 2.14. The maximum Gasteiger partial charge on any atom is 0.227 e. The van der Waals surface area contributed by atoms with E-state index < -0.39 is 0 Å². The van der Waals surface area contributed by atoms with Gasteiger partial charge < -0.3 is 15.0 Å². The van der Waals surface area contributed by atoms with Crippen molar-refractivity contribution >= 4 is 17.5 Å². The summed E-state index contributed by atoms with van der Waals surface area (Å²) in [6, 6.07) is 7.98. The van der Waals surface area contributed by atoms with Crippen molar-refractivity contribution < 1.29 is 14.3 Å². The highest BCUT2D eigenvalue weighted by Crippen LogP contribution is 2.25. The highest BCUT2D eigenvalue weighted by Gasteiger charge is 2.34. The first kappa shape index (κ1) is 17.5. The van der Waals surface area contributed by atoms with Gasteiger partial charge in [-0.15, -0.1) is 0 Å². The second-order valence-electron chi connectivity index (χ2n) is 5.77. The lowest BCUT2D eigenvalue weighted by molar-refractivity contribution is -0.126. The zero-order valence-electron chi connectivity index (χ0n) is 14.0. The van der Waals surface area contributed by atoms with Crippen LogP contribution in [0.2, 0.25) is 0 Å². The van der Waals surface area contributed by atoms with E-state index in [1.54, 1.807) is 4.90 Å². The van der Waals surface area contributed by atoms with Crippen LogP contribution in [0.5, 0.6) is 0 Å². The molecule has 0 bridgehead atoms. The van der Waals surface area contributed by atoms with Gasteiger partial charge in [0.25, 0.3) is 0 Å². The van der Waals surface area contributed by atoms with Gasteiger partial charge in [0.1, 0.15) is 0 Å². The van der Waals surface area contributed by atoms with Gasteiger partial charge in [0.05, 0.1) is 5.92 Å². The van der Waals surface area contributed by atoms with Crippen molar-refractivity contribution in [3.8, 4) is 0 Å². The second kappa shape index (κ2) is 8.67. The Kier molecular flexibility index (Phi) is 6.59. The first-order valence-electron chi connectivity index (χ1n) is 8.40. The number of nitrogens with one attached hydrogen (secondary N) is 1. The van der Waals surface area contributed by atoms with E-state index in [1.807, 2.05) is 31.2 Å². The number of ether oxygens (including phenoxy) is 1. The third-order valence-electron chi connectivity index (χ3n) is 4.12. The summed E-state index contributed by atoms with van der Waals surface area (Å²) in [7, 11) is 0. The molecule has 1 saturated heterocycles. The number of amides is 2. The molecule has 5 heteroatoms. The Morgan fingerprint density at radius 3 is 2.70 bits per heavy atom. The van der Waals surface area contributed by atoms with Crippen molar-refractivity contribution in [3.63, 3.8) is 0 Å². The Morgan fingerprint density at radius 1 is 1.30 bits per heavy atom. The summed E-state index contributed by atoms with van der Waals surface area (Å²) in [5, 5.41) is 2.90. The lowest BCUT2D eigenvalue weighted by atomic mass is 10.1. The van der Waals surface area contributed by atoms with Gasteiger partial charge in [0, 0.05) is 38.4 Å². The van der Waals surface area contributed by atoms with E-state index >= 15 is 0 Å². The summed E-state index contributed by atoms with van der Waals surface area (Å²) in [5.41, 5.74) is 2.11. The molecule has 5 nitrogen and oxygen atoms in total. The van der Waals surface area contributed by atoms with E-state index in [2.05, 4.69) is 12.2 Å². The minimum absolute atomic E-state index is 0.0173. The molecule has 0 spiro atoms. The number of carbonyl (C=O) groups is 2. The largest absolute Gasteiger partial charge is 0.382 e. The van der Waals surface area contributed by atoms with Crippen molar-refractivity contribution in [2.45, 2.75) is 33.1 Å². The Hall–Kier alpha value is -1.88. The molecule has 1 aromatic rings. The fourth-order valence-corrected chi connectivity index (χ4v) is 2.72. The molecule has 1 heterocycles. The monoisotopic (exact) mass is 318 g/mol. The van der Waals surface area contributed by atoms with Gasteiger partial charge in [-0.05, 0) is 37.5 Å². The fourth-order valence-electron chi connectivity index (χ4n) is 2.72. The molecule has 1 aliphatic rings. The third-order valence-corrected chi connectivity index (χ3v) is 4.12. The molecule has 0 aromatic heterocycles. The lowest BCUT2D eigenvalue weighted by Gasteiger charge is -2.17. The summed E-state index contributed by atoms with van der Waals surface area (Å²) in [6.45, 7) is 6.44. The lowest BCUT2D eigenvalue weighted by Crippen LogP contribution is -2.33. The number of anilines is 1. The Balaban J connectivity index is 1.84. The van der Waals surface area contributed by atoms with Crippen LogP contribution in [-0.4, -0.2) is 38.1 Å². The normalized spacial score (nSPS) is 17.6. The molecule has 1 atom stereocenters. The summed E-state index contributed by atoms with van der Waals surface area (Å²) >= 11 is 0. The van der Waals surface area contributed by atoms with Gasteiger partial charge in [-0.2, -0.15) is 0 Å². The molecule has 0 aliphatic carbocycles. The SMILES string of the molecule is CCOCCCNC(=O)[C@@H]1CC(=O)N(c2ccc(CC)cc2)C1. The number of hydrogen-bond donors (Lipinski definition) is 1. The molecular weight excluding hydrogens is 292 g/mol. The second-order valence-corrected chi connectivity index (χ2v) is 5.77. The van der Waals surface area contributed by atoms with Crippen LogP contribution >= 0.6 is 0 Å². The van der Waals surface area contributed by atoms with Gasteiger partial charge in [-0.25, -0.2) is 0 Å². The molecule has 1 aromatic carbocycles. The van der Waals surface area contributed by atoms with Gasteiger partial charge in [-0.3, -0.25) is 9.59 Å². The van der Waals surface area contributed by atoms with Gasteiger partial charge in [0.2, 0.25) is 11.8 Å². The molecule has 1 fully saturated rings. The highest BCUT2D eigenvalue weighted by molar-refractivity contribution is 6.00. The Morgan fingerprint density at radius 2 is 2.04 bits per heavy atom. The number of carbonyl (C=O) groups excluding carboxylic acids is 2. The predicted molar refractivity (Wildman–Crippen MR) is 90.4 cm³/mol. The van der Waals surface area contributed by atoms with E-state index in [4.69, 9.17) is 4.74 Å². The first-order chi connectivity index (χ1) is 11.2. The minimum atomic E-state index is -0.263. The van der Waals surface area contributed by atoms with Gasteiger partial charge in [0.15, 0.2) is 0 Å². The van der Waals surface area contributed by atoms with Crippen LogP contribution in [0.15, 0.2) is 24.3 Å². The summed E-state index contributed by atoms with van der Waals surface area (Å²) < 4.78 is 5.24. The first-order valence-corrected chi connectivity index (χ1v) is 8.40. The Bertz CT molecular complexity index is 528. The molecule has 126 valence electrons. The van der Waals surface area contributed by atoms with Crippen LogP contribution in [0.4, 0.5) is 5.69 Å². The van der Waals surface area contributed by atoms with Crippen LogP contribution < -0.4 is 10.2 Å². The van der Waals surface area contributed by atoms with Crippen molar-refractivity contribution in [3.05, 3.63) is 29.8 Å². The standard InChI is InChI=1S/C18H26N2O3/c1-3-14-6-8-16(9-7-14)20-13-15(12-17(20)21)18(22)19-10-5-11-23-4-2/h6-9,15H,3-5,10-13H2,1-2H3,(H,19,22)/t15-/m1/s1. The van der Waals surface area contributed by atoms with Crippen LogP contribution in [0, 0.1) is 5.92 Å². The average Bonchev–Trinajstić information content (AvgIpc) is 2.96. The zero-order chi connectivity index (χ0) is 16.7. The molecule has 0 saturated carbocycles. The van der Waals surface area contributed by atoms with Gasteiger partial charge >= 0.3 is 0 Å². The molecular formula is C18H26N2O3. The molecule has 1 N–H and O–H groups in total. The number of aryl methyl sites for hydroxylation is 1. The number of benzene rings is 1.